The van der Waals surface area contributed by atoms with E-state index in [1.54, 1.807) is 36.6 Å². The molecule has 2 aliphatic rings. The van der Waals surface area contributed by atoms with E-state index in [1.165, 1.54) is 0 Å². The third kappa shape index (κ3) is 13.6. The lowest BCUT2D eigenvalue weighted by molar-refractivity contribution is 0.0197. The molecule has 10 rings (SSSR count). The van der Waals surface area contributed by atoms with Crippen molar-refractivity contribution in [1.82, 2.24) is 59.0 Å². The molecule has 2 atom stereocenters. The number of aromatic nitrogens is 10. The van der Waals surface area contributed by atoms with E-state index in [0.717, 1.165) is 122 Å². The zero-order valence-electron chi connectivity index (χ0n) is 46.9. The molecule has 18 nitrogen and oxygen atoms in total. The minimum absolute atomic E-state index is 0.0174. The molecule has 2 unspecified atom stereocenters. The normalized spacial score (nSPS) is 16.5. The van der Waals surface area contributed by atoms with Crippen LogP contribution in [0.2, 0.25) is 51.4 Å². The standard InChI is InChI=1S/C36H57N7O4SSi2.C19H21N7S/c1-36(2,3)47-35(44)41-15-11-13-27(24-41)32-31(30-14-12-18-48-30)34(43-33(39-32)29(22-38-43)28-21-37-40(4)23-28)42(25-45-16-19-49(5,6)7)26-46-17-20-50(8,9)10;1-25-11-13(9-22-25)14-10-23-26-18(20)16(15-5-3-7-27-15)17(24-19(14)26)12-4-2-6-21-8-12/h12,14,18,21-23,27H,11,13,15-17,19-20,24-26H2,1-10H3;3,5,7,9-12,21H,2,4,6,8,20H2,1H3. The van der Waals surface area contributed by atoms with Crippen LogP contribution in [0.5, 0.6) is 0 Å². The molecule has 0 aliphatic carbocycles. The Morgan fingerprint density at radius 1 is 0.753 bits per heavy atom. The second-order valence-corrected chi connectivity index (χ2v) is 37.0. The topological polar surface area (TPSA) is 185 Å². The number of ether oxygens (including phenoxy) is 3. The minimum Gasteiger partial charge on any atom is -0.444 e. The quantitative estimate of drug-likeness (QED) is 0.0499. The van der Waals surface area contributed by atoms with E-state index in [1.807, 2.05) is 81.5 Å². The molecule has 8 aromatic rings. The van der Waals surface area contributed by atoms with Gasteiger partial charge >= 0.3 is 6.09 Å². The van der Waals surface area contributed by atoms with Crippen LogP contribution in [0.4, 0.5) is 16.4 Å². The molecule has 22 heteroatoms. The number of carbonyl (C=O) groups excluding carboxylic acids is 1. The van der Waals surface area contributed by atoms with Crippen molar-refractivity contribution >= 4 is 67.8 Å². The molecule has 1 amide bonds. The first kappa shape index (κ1) is 56.0. The first-order chi connectivity index (χ1) is 36.7. The van der Waals surface area contributed by atoms with Gasteiger partial charge < -0.3 is 35.1 Å². The molecule has 412 valence electrons. The van der Waals surface area contributed by atoms with Gasteiger partial charge in [-0.25, -0.2) is 14.8 Å². The molecule has 0 aromatic carbocycles. The Morgan fingerprint density at radius 3 is 1.81 bits per heavy atom. The Balaban J connectivity index is 0.000000223. The van der Waals surface area contributed by atoms with Gasteiger partial charge in [-0.05, 0) is 88.0 Å². The molecular weight excluding hydrogens is 1040 g/mol. The Bertz CT molecular complexity index is 3210. The van der Waals surface area contributed by atoms with Gasteiger partial charge in [0.15, 0.2) is 11.3 Å². The Morgan fingerprint density at radius 2 is 1.30 bits per heavy atom. The van der Waals surface area contributed by atoms with E-state index in [-0.39, 0.29) is 12.0 Å². The van der Waals surface area contributed by atoms with E-state index < -0.39 is 21.7 Å². The zero-order valence-corrected chi connectivity index (χ0v) is 50.5. The summed E-state index contributed by atoms with van der Waals surface area (Å²) in [5.74, 6) is 1.87. The number of fused-ring (bicyclic) bond motifs is 2. The van der Waals surface area contributed by atoms with E-state index in [0.29, 0.717) is 51.5 Å². The molecule has 3 N–H and O–H groups in total. The summed E-state index contributed by atoms with van der Waals surface area (Å²) in [5, 5.41) is 26.0. The lowest BCUT2D eigenvalue weighted by atomic mass is 9.91. The van der Waals surface area contributed by atoms with Gasteiger partial charge in [0.25, 0.3) is 0 Å². The van der Waals surface area contributed by atoms with E-state index >= 15 is 0 Å². The highest BCUT2D eigenvalue weighted by Gasteiger charge is 2.35. The highest BCUT2D eigenvalue weighted by atomic mass is 32.1. The molecule has 0 radical (unpaired) electrons. The molecule has 8 aromatic heterocycles. The van der Waals surface area contributed by atoms with Crippen LogP contribution in [0.1, 0.15) is 69.7 Å². The molecule has 77 heavy (non-hydrogen) atoms. The zero-order chi connectivity index (χ0) is 54.6. The number of hydrogen-bond donors (Lipinski definition) is 2. The fraction of sp³-hybridized carbons (Fsp3) is 0.509. The van der Waals surface area contributed by atoms with Crippen LogP contribution >= 0.6 is 22.7 Å². The first-order valence-electron chi connectivity index (χ1n) is 26.9. The molecule has 0 saturated carbocycles. The number of likely N-dealkylation sites (tertiary alicyclic amines) is 1. The van der Waals surface area contributed by atoms with Crippen LogP contribution in [0.25, 0.3) is 54.4 Å². The molecule has 2 aliphatic heterocycles. The highest BCUT2D eigenvalue weighted by molar-refractivity contribution is 7.14. The van der Waals surface area contributed by atoms with Crippen molar-refractivity contribution in [1.29, 1.82) is 0 Å². The lowest BCUT2D eigenvalue weighted by Crippen LogP contribution is -2.42. The number of aryl methyl sites for hydroxylation is 2. The summed E-state index contributed by atoms with van der Waals surface area (Å²) in [5.41, 5.74) is 15.4. The van der Waals surface area contributed by atoms with Crippen LogP contribution in [-0.4, -0.2) is 134 Å². The van der Waals surface area contributed by atoms with Crippen LogP contribution in [-0.2, 0) is 28.3 Å². The number of nitrogens with one attached hydrogen (secondary N) is 1. The van der Waals surface area contributed by atoms with Gasteiger partial charge in [-0.2, -0.15) is 29.4 Å². The average molecular weight is 1120 g/mol. The predicted octanol–water partition coefficient (Wildman–Crippen LogP) is 11.3. The number of thiophene rings is 2. The Hall–Kier alpha value is -5.76. The summed E-state index contributed by atoms with van der Waals surface area (Å²) < 4.78 is 26.1. The van der Waals surface area contributed by atoms with Gasteiger partial charge in [-0.15, -0.1) is 22.7 Å². The van der Waals surface area contributed by atoms with E-state index in [2.05, 4.69) is 99.8 Å². The molecule has 10 heterocycles. The number of nitrogen functional groups attached to an aromatic ring is 1. The smallest absolute Gasteiger partial charge is 0.410 e. The predicted molar refractivity (Wildman–Crippen MR) is 316 cm³/mol. The summed E-state index contributed by atoms with van der Waals surface area (Å²) in [6.07, 6.45) is 15.1. The van der Waals surface area contributed by atoms with Crippen molar-refractivity contribution in [3.8, 4) is 43.1 Å². The summed E-state index contributed by atoms with van der Waals surface area (Å²) in [6.45, 7) is 25.2. The summed E-state index contributed by atoms with van der Waals surface area (Å²) in [4.78, 5) is 30.2. The first-order valence-corrected chi connectivity index (χ1v) is 36.1. The Labute approximate surface area is 463 Å². The number of nitrogens with two attached hydrogens (primary N) is 1. The van der Waals surface area contributed by atoms with Gasteiger partial charge in [0.05, 0.1) is 47.3 Å². The molecule has 0 bridgehead atoms. The minimum atomic E-state index is -1.30. The maximum atomic E-state index is 13.4. The van der Waals surface area contributed by atoms with Gasteiger partial charge in [0.1, 0.15) is 30.7 Å². The second-order valence-electron chi connectivity index (χ2n) is 23.8. The van der Waals surface area contributed by atoms with Gasteiger partial charge in [0.2, 0.25) is 0 Å². The van der Waals surface area contributed by atoms with Crippen LogP contribution < -0.4 is 16.0 Å². The van der Waals surface area contributed by atoms with Crippen LogP contribution in [0.15, 0.2) is 72.2 Å². The van der Waals surface area contributed by atoms with Crippen molar-refractivity contribution in [2.75, 3.05) is 63.5 Å². The lowest BCUT2D eigenvalue weighted by Gasteiger charge is -2.35. The summed E-state index contributed by atoms with van der Waals surface area (Å²) in [6, 6.07) is 10.5. The van der Waals surface area contributed by atoms with Gasteiger partial charge in [-0.1, -0.05) is 51.4 Å². The fourth-order valence-electron chi connectivity index (χ4n) is 9.81. The van der Waals surface area contributed by atoms with Gasteiger partial charge in [-0.3, -0.25) is 9.36 Å². The van der Waals surface area contributed by atoms with Crippen molar-refractivity contribution in [3.63, 3.8) is 0 Å². The fourth-order valence-corrected chi connectivity index (χ4v) is 12.9. The molecular formula is C55H78N14O4S2Si2. The number of piperidine rings is 2. The molecule has 2 saturated heterocycles. The second kappa shape index (κ2) is 23.7. The van der Waals surface area contributed by atoms with Crippen molar-refractivity contribution in [2.24, 2.45) is 14.1 Å². The maximum absolute atomic E-state index is 13.4. The van der Waals surface area contributed by atoms with Crippen molar-refractivity contribution in [2.45, 2.75) is 115 Å². The largest absolute Gasteiger partial charge is 0.444 e. The van der Waals surface area contributed by atoms with Crippen molar-refractivity contribution < 1.29 is 19.0 Å². The maximum Gasteiger partial charge on any atom is 0.410 e. The van der Waals surface area contributed by atoms with Crippen molar-refractivity contribution in [3.05, 3.63) is 83.6 Å². The molecule has 0 spiro atoms. The Kier molecular flexibility index (Phi) is 17.2. The highest BCUT2D eigenvalue weighted by Crippen LogP contribution is 2.44. The van der Waals surface area contributed by atoms with E-state index in [9.17, 15) is 4.79 Å². The third-order valence-electron chi connectivity index (χ3n) is 13.9. The van der Waals surface area contributed by atoms with Gasteiger partial charge in [0, 0.05) is 119 Å². The number of carbonyl (C=O) groups is 1. The summed E-state index contributed by atoms with van der Waals surface area (Å²) >= 11 is 3.37. The number of nitrogens with zero attached hydrogens (tertiary/aromatic N) is 12. The van der Waals surface area contributed by atoms with Crippen LogP contribution in [0, 0.1) is 0 Å². The number of anilines is 2. The number of hydrogen-bond acceptors (Lipinski definition) is 15. The number of amides is 1. The third-order valence-corrected chi connectivity index (χ3v) is 19.0. The summed E-state index contributed by atoms with van der Waals surface area (Å²) in [7, 11) is 1.22. The SMILES string of the molecule is Cn1cc(-c2cnn3c(N(COCC[Si](C)(C)C)COCC[Si](C)(C)C)c(-c4cccs4)c(C4CCCN(C(=O)OC(C)(C)C)C4)nc23)cn1.Cn1cc(-c2cnn3c(N)c(-c4cccs4)c(C4CCCNC4)nc23)cn1. The molecule has 2 fully saturated rings. The van der Waals surface area contributed by atoms with Crippen LogP contribution in [0.3, 0.4) is 0 Å². The van der Waals surface area contributed by atoms with E-state index in [4.69, 9.17) is 35.0 Å². The monoisotopic (exact) mass is 1120 g/mol. The number of rotatable bonds is 17. The average Bonchev–Trinajstić information content (AvgIpc) is 4.26.